The molecular formula is C19H23N3O3. The summed E-state index contributed by atoms with van der Waals surface area (Å²) in [7, 11) is 0. The Balaban J connectivity index is 2.22. The van der Waals surface area contributed by atoms with E-state index in [-0.39, 0.29) is 0 Å². The number of nitrogens with two attached hydrogens (primary N) is 1. The number of benzene rings is 2. The Morgan fingerprint density at radius 3 is 2.12 bits per heavy atom. The van der Waals surface area contributed by atoms with Crippen LogP contribution in [0.4, 0.5) is 0 Å². The summed E-state index contributed by atoms with van der Waals surface area (Å²) in [5, 5.41) is 11.2. The molecule has 2 rings (SSSR count). The molecule has 2 aromatic carbocycles. The van der Waals surface area contributed by atoms with Gasteiger partial charge in [0.05, 0.1) is 0 Å². The lowest BCUT2D eigenvalue weighted by Crippen LogP contribution is -2.54. The first-order chi connectivity index (χ1) is 12.0. The summed E-state index contributed by atoms with van der Waals surface area (Å²) in [5.41, 5.74) is 10.1. The number of nitrogens with one attached hydrogen (secondary N) is 1. The second-order valence-corrected chi connectivity index (χ2v) is 5.70. The van der Waals surface area contributed by atoms with Crippen molar-refractivity contribution in [2.45, 2.75) is 25.4 Å². The Morgan fingerprint density at radius 1 is 1.08 bits per heavy atom. The van der Waals surface area contributed by atoms with E-state index in [9.17, 15) is 14.7 Å². The highest BCUT2D eigenvalue weighted by Gasteiger charge is 2.28. The predicted molar refractivity (Wildman–Crippen MR) is 95.5 cm³/mol. The van der Waals surface area contributed by atoms with Gasteiger partial charge in [0.25, 0.3) is 0 Å². The molecule has 2 atom stereocenters. The van der Waals surface area contributed by atoms with Crippen LogP contribution in [0.15, 0.2) is 60.7 Å². The van der Waals surface area contributed by atoms with Crippen molar-refractivity contribution in [1.29, 1.82) is 0 Å². The van der Waals surface area contributed by atoms with Crippen LogP contribution in [0.1, 0.15) is 24.1 Å². The zero-order valence-corrected chi connectivity index (χ0v) is 14.1. The smallest absolute Gasteiger partial charge is 0.326 e. The Kier molecular flexibility index (Phi) is 6.68. The van der Waals surface area contributed by atoms with Gasteiger partial charge in [-0.15, -0.1) is 0 Å². The summed E-state index contributed by atoms with van der Waals surface area (Å²) in [5.74, 6) is -1.53. The molecule has 0 radical (unpaired) electrons. The number of nitrogens with zero attached hydrogens (tertiary/aromatic N) is 1. The van der Waals surface area contributed by atoms with Crippen LogP contribution in [0.25, 0.3) is 0 Å². The van der Waals surface area contributed by atoms with Gasteiger partial charge in [0, 0.05) is 6.54 Å². The summed E-state index contributed by atoms with van der Waals surface area (Å²) < 4.78 is 0. The zero-order chi connectivity index (χ0) is 18.2. The molecule has 0 saturated carbocycles. The first kappa shape index (κ1) is 18.6. The monoisotopic (exact) mass is 341 g/mol. The molecule has 6 heteroatoms. The second-order valence-electron chi connectivity index (χ2n) is 5.70. The molecule has 0 aromatic heterocycles. The number of rotatable bonds is 9. The number of carbonyl (C=O) groups is 2. The van der Waals surface area contributed by atoms with Crippen molar-refractivity contribution in [2.75, 3.05) is 6.54 Å². The minimum Gasteiger partial charge on any atom is -0.480 e. The molecule has 0 aliphatic carbocycles. The molecule has 0 heterocycles. The van der Waals surface area contributed by atoms with Crippen LogP contribution >= 0.6 is 0 Å². The highest BCUT2D eigenvalue weighted by Crippen LogP contribution is 2.16. The molecule has 1 unspecified atom stereocenters. The molecule has 4 N–H and O–H groups in total. The van der Waals surface area contributed by atoms with E-state index in [0.717, 1.165) is 5.56 Å². The van der Waals surface area contributed by atoms with Gasteiger partial charge in [0.15, 0.2) is 0 Å². The van der Waals surface area contributed by atoms with Crippen molar-refractivity contribution in [1.82, 2.24) is 10.4 Å². The van der Waals surface area contributed by atoms with Crippen LogP contribution in [0.5, 0.6) is 0 Å². The fourth-order valence-corrected chi connectivity index (χ4v) is 2.69. The van der Waals surface area contributed by atoms with Crippen LogP contribution in [0.2, 0.25) is 0 Å². The summed E-state index contributed by atoms with van der Waals surface area (Å²) in [4.78, 5) is 23.7. The average molecular weight is 341 g/mol. The van der Waals surface area contributed by atoms with Gasteiger partial charge in [-0.1, -0.05) is 67.6 Å². The Bertz CT molecular complexity index is 692. The number of carbonyl (C=O) groups excluding carboxylic acids is 1. The highest BCUT2D eigenvalue weighted by molar-refractivity contribution is 5.80. The lowest BCUT2D eigenvalue weighted by Gasteiger charge is -2.32. The molecule has 6 nitrogen and oxygen atoms in total. The Labute approximate surface area is 147 Å². The SMILES string of the molecule is CCN(N[C@H](C(=O)O)c1ccccc1)C(Cc1ccccc1)C(N)=O. The van der Waals surface area contributed by atoms with Gasteiger partial charge in [-0.2, -0.15) is 0 Å². The summed E-state index contributed by atoms with van der Waals surface area (Å²) >= 11 is 0. The van der Waals surface area contributed by atoms with Crippen LogP contribution in [0.3, 0.4) is 0 Å². The molecular weight excluding hydrogens is 318 g/mol. The highest BCUT2D eigenvalue weighted by atomic mass is 16.4. The van der Waals surface area contributed by atoms with E-state index in [4.69, 9.17) is 5.73 Å². The van der Waals surface area contributed by atoms with Gasteiger partial charge in [-0.05, 0) is 17.5 Å². The summed E-state index contributed by atoms with van der Waals surface area (Å²) in [6.07, 6.45) is 0.401. The van der Waals surface area contributed by atoms with E-state index in [1.165, 1.54) is 0 Å². The van der Waals surface area contributed by atoms with Crippen molar-refractivity contribution < 1.29 is 14.7 Å². The number of aliphatic carboxylic acids is 1. The molecule has 132 valence electrons. The number of hydrogen-bond acceptors (Lipinski definition) is 4. The molecule has 0 aliphatic heterocycles. The lowest BCUT2D eigenvalue weighted by atomic mass is 10.0. The van der Waals surface area contributed by atoms with E-state index in [1.807, 2.05) is 43.3 Å². The fourth-order valence-electron chi connectivity index (χ4n) is 2.69. The second kappa shape index (κ2) is 8.96. The number of primary amides is 1. The van der Waals surface area contributed by atoms with Crippen LogP contribution < -0.4 is 11.2 Å². The minimum atomic E-state index is -1.02. The van der Waals surface area contributed by atoms with Gasteiger partial charge in [0.1, 0.15) is 12.1 Å². The molecule has 0 bridgehead atoms. The average Bonchev–Trinajstić information content (AvgIpc) is 2.62. The van der Waals surface area contributed by atoms with E-state index in [2.05, 4.69) is 5.43 Å². The normalized spacial score (nSPS) is 13.4. The first-order valence-corrected chi connectivity index (χ1v) is 8.16. The first-order valence-electron chi connectivity index (χ1n) is 8.16. The quantitative estimate of drug-likeness (QED) is 0.604. The van der Waals surface area contributed by atoms with Crippen LogP contribution in [-0.2, 0) is 16.0 Å². The number of carboxylic acid groups (broad SMARTS) is 1. The Morgan fingerprint density at radius 2 is 1.64 bits per heavy atom. The molecule has 25 heavy (non-hydrogen) atoms. The van der Waals surface area contributed by atoms with E-state index in [0.29, 0.717) is 18.5 Å². The number of amides is 1. The minimum absolute atomic E-state index is 0.401. The summed E-state index contributed by atoms with van der Waals surface area (Å²) in [6.45, 7) is 2.27. The van der Waals surface area contributed by atoms with Gasteiger partial charge >= 0.3 is 5.97 Å². The van der Waals surface area contributed by atoms with Gasteiger partial charge in [-0.25, -0.2) is 10.4 Å². The molecule has 2 aromatic rings. The van der Waals surface area contributed by atoms with E-state index < -0.39 is 24.0 Å². The molecule has 1 amide bonds. The largest absolute Gasteiger partial charge is 0.480 e. The third-order valence-corrected chi connectivity index (χ3v) is 3.99. The Hall–Kier alpha value is -2.70. The van der Waals surface area contributed by atoms with Crippen LogP contribution in [-0.4, -0.2) is 34.6 Å². The van der Waals surface area contributed by atoms with Gasteiger partial charge in [0.2, 0.25) is 5.91 Å². The van der Waals surface area contributed by atoms with Crippen molar-refractivity contribution in [3.8, 4) is 0 Å². The molecule has 0 spiro atoms. The number of hydrazine groups is 1. The lowest BCUT2D eigenvalue weighted by molar-refractivity contribution is -0.143. The van der Waals surface area contributed by atoms with Gasteiger partial charge < -0.3 is 10.8 Å². The standard InChI is InChI=1S/C19H23N3O3/c1-2-22(16(18(20)23)13-14-9-5-3-6-10-14)21-17(19(24)25)15-11-7-4-8-12-15/h3-12,16-17,21H,2,13H2,1H3,(H2,20,23)(H,24,25)/t16?,17-/m0/s1. The number of carboxylic acids is 1. The predicted octanol–water partition coefficient (Wildman–Crippen LogP) is 1.74. The molecule has 0 fully saturated rings. The van der Waals surface area contributed by atoms with E-state index in [1.54, 1.807) is 29.3 Å². The zero-order valence-electron chi connectivity index (χ0n) is 14.1. The topological polar surface area (TPSA) is 95.7 Å². The summed E-state index contributed by atoms with van der Waals surface area (Å²) in [6, 6.07) is 16.7. The van der Waals surface area contributed by atoms with Crippen LogP contribution in [0, 0.1) is 0 Å². The maximum Gasteiger partial charge on any atom is 0.326 e. The third-order valence-electron chi connectivity index (χ3n) is 3.99. The third kappa shape index (κ3) is 5.14. The van der Waals surface area contributed by atoms with Crippen molar-refractivity contribution in [3.63, 3.8) is 0 Å². The van der Waals surface area contributed by atoms with Crippen molar-refractivity contribution in [3.05, 3.63) is 71.8 Å². The van der Waals surface area contributed by atoms with E-state index >= 15 is 0 Å². The molecule has 0 aliphatic rings. The number of likely N-dealkylation sites (N-methyl/N-ethyl adjacent to an activating group) is 1. The maximum atomic E-state index is 12.0. The van der Waals surface area contributed by atoms with Gasteiger partial charge in [-0.3, -0.25) is 9.59 Å². The number of hydrogen-bond donors (Lipinski definition) is 3. The maximum absolute atomic E-state index is 12.0. The van der Waals surface area contributed by atoms with Crippen molar-refractivity contribution >= 4 is 11.9 Å². The fraction of sp³-hybridized carbons (Fsp3) is 0.263. The van der Waals surface area contributed by atoms with Crippen molar-refractivity contribution in [2.24, 2.45) is 5.73 Å². The molecule has 0 saturated heterocycles.